The maximum Gasteiger partial charge on any atom is 0.387 e. The summed E-state index contributed by atoms with van der Waals surface area (Å²) in [7, 11) is 0. The van der Waals surface area contributed by atoms with E-state index in [-0.39, 0.29) is 24.4 Å². The molecule has 0 heterocycles. The van der Waals surface area contributed by atoms with Crippen molar-refractivity contribution in [1.82, 2.24) is 10.6 Å². The molecular formula is C13H18F2N2O3. The molecule has 3 N–H and O–H groups in total. The van der Waals surface area contributed by atoms with E-state index in [1.165, 1.54) is 12.1 Å². The number of aliphatic hydroxyl groups excluding tert-OH is 1. The van der Waals surface area contributed by atoms with Crippen LogP contribution in [0.2, 0.25) is 0 Å². The largest absolute Gasteiger partial charge is 0.435 e. The first-order chi connectivity index (χ1) is 9.42. The molecule has 0 bridgehead atoms. The molecule has 2 unspecified atom stereocenters. The topological polar surface area (TPSA) is 70.6 Å². The Morgan fingerprint density at radius 3 is 2.35 bits per heavy atom. The van der Waals surface area contributed by atoms with Crippen LogP contribution in [-0.4, -0.2) is 30.4 Å². The van der Waals surface area contributed by atoms with Gasteiger partial charge in [0.15, 0.2) is 0 Å². The van der Waals surface area contributed by atoms with Gasteiger partial charge >= 0.3 is 12.6 Å². The van der Waals surface area contributed by atoms with E-state index in [1.807, 2.05) is 0 Å². The monoisotopic (exact) mass is 288 g/mol. The van der Waals surface area contributed by atoms with Gasteiger partial charge < -0.3 is 20.5 Å². The summed E-state index contributed by atoms with van der Waals surface area (Å²) in [5.74, 6) is 0.0642. The number of nitrogens with one attached hydrogen (secondary N) is 2. The van der Waals surface area contributed by atoms with Gasteiger partial charge in [-0.15, -0.1) is 0 Å². The fourth-order valence-electron chi connectivity index (χ4n) is 1.53. The van der Waals surface area contributed by atoms with Gasteiger partial charge in [-0.2, -0.15) is 8.78 Å². The van der Waals surface area contributed by atoms with Crippen molar-refractivity contribution in [3.05, 3.63) is 29.8 Å². The zero-order valence-electron chi connectivity index (χ0n) is 11.3. The summed E-state index contributed by atoms with van der Waals surface area (Å²) in [5.41, 5.74) is 0.749. The second-order valence-corrected chi connectivity index (χ2v) is 4.37. The van der Waals surface area contributed by atoms with Crippen LogP contribution in [-0.2, 0) is 0 Å². The lowest BCUT2D eigenvalue weighted by Gasteiger charge is -2.17. The van der Waals surface area contributed by atoms with Crippen molar-refractivity contribution >= 4 is 6.03 Å². The molecule has 112 valence electrons. The average Bonchev–Trinajstić information content (AvgIpc) is 2.38. The molecule has 0 fully saturated rings. The lowest BCUT2D eigenvalue weighted by atomic mass is 10.1. The molecule has 0 radical (unpaired) electrons. The summed E-state index contributed by atoms with van der Waals surface area (Å²) in [6.07, 6.45) is 0. The van der Waals surface area contributed by atoms with E-state index in [4.69, 9.17) is 5.11 Å². The summed E-state index contributed by atoms with van der Waals surface area (Å²) in [6, 6.07) is 4.95. The van der Waals surface area contributed by atoms with Gasteiger partial charge in [0.05, 0.1) is 18.7 Å². The molecule has 1 rings (SSSR count). The Bertz CT molecular complexity index is 426. The maximum absolute atomic E-state index is 12.0. The Balaban J connectivity index is 2.54. The van der Waals surface area contributed by atoms with Crippen LogP contribution in [0.25, 0.3) is 0 Å². The van der Waals surface area contributed by atoms with Gasteiger partial charge in [0.25, 0.3) is 0 Å². The number of carbonyl (C=O) groups excluding carboxylic acids is 1. The first-order valence-corrected chi connectivity index (χ1v) is 6.15. The number of rotatable bonds is 6. The minimum atomic E-state index is -2.86. The van der Waals surface area contributed by atoms with E-state index < -0.39 is 12.6 Å². The number of aliphatic hydroxyl groups is 1. The molecule has 1 aromatic carbocycles. The molecule has 0 aliphatic rings. The number of carbonyl (C=O) groups is 1. The molecule has 0 saturated carbocycles. The van der Waals surface area contributed by atoms with E-state index in [2.05, 4.69) is 15.4 Å². The average molecular weight is 288 g/mol. The van der Waals surface area contributed by atoms with Gasteiger partial charge in [0.1, 0.15) is 5.75 Å². The highest BCUT2D eigenvalue weighted by molar-refractivity contribution is 5.74. The third-order valence-electron chi connectivity index (χ3n) is 2.60. The molecule has 0 aromatic heterocycles. The highest BCUT2D eigenvalue weighted by atomic mass is 19.3. The predicted molar refractivity (Wildman–Crippen MR) is 69.7 cm³/mol. The van der Waals surface area contributed by atoms with Gasteiger partial charge in [-0.05, 0) is 31.5 Å². The molecule has 2 amide bonds. The van der Waals surface area contributed by atoms with E-state index in [0.29, 0.717) is 0 Å². The number of benzene rings is 1. The Morgan fingerprint density at radius 2 is 1.85 bits per heavy atom. The van der Waals surface area contributed by atoms with Crippen molar-refractivity contribution in [2.24, 2.45) is 0 Å². The van der Waals surface area contributed by atoms with E-state index in [1.54, 1.807) is 26.0 Å². The first kappa shape index (κ1) is 16.2. The normalized spacial score (nSPS) is 13.7. The summed E-state index contributed by atoms with van der Waals surface area (Å²) in [4.78, 5) is 11.6. The van der Waals surface area contributed by atoms with Crippen molar-refractivity contribution in [2.75, 3.05) is 6.61 Å². The molecule has 0 aliphatic heterocycles. The van der Waals surface area contributed by atoms with Gasteiger partial charge in [-0.1, -0.05) is 12.1 Å². The Hall–Kier alpha value is -1.89. The molecule has 1 aromatic rings. The zero-order valence-corrected chi connectivity index (χ0v) is 11.3. The molecule has 20 heavy (non-hydrogen) atoms. The van der Waals surface area contributed by atoms with Crippen LogP contribution in [0.15, 0.2) is 24.3 Å². The van der Waals surface area contributed by atoms with Crippen molar-refractivity contribution in [2.45, 2.75) is 32.5 Å². The van der Waals surface area contributed by atoms with Crippen LogP contribution in [0.1, 0.15) is 25.5 Å². The molecule has 2 atom stereocenters. The molecule has 0 saturated heterocycles. The fourth-order valence-corrected chi connectivity index (χ4v) is 1.53. The second kappa shape index (κ2) is 7.64. The smallest absolute Gasteiger partial charge is 0.387 e. The quantitative estimate of drug-likeness (QED) is 0.750. The first-order valence-electron chi connectivity index (χ1n) is 6.15. The van der Waals surface area contributed by atoms with Gasteiger partial charge in [-0.25, -0.2) is 4.79 Å². The Morgan fingerprint density at radius 1 is 1.25 bits per heavy atom. The number of urea groups is 1. The summed E-state index contributed by atoms with van der Waals surface area (Å²) in [5, 5.41) is 14.0. The summed E-state index contributed by atoms with van der Waals surface area (Å²) < 4.78 is 28.2. The van der Waals surface area contributed by atoms with Crippen molar-refractivity contribution in [3.8, 4) is 5.75 Å². The fraction of sp³-hybridized carbons (Fsp3) is 0.462. The minimum Gasteiger partial charge on any atom is -0.435 e. The van der Waals surface area contributed by atoms with Crippen LogP contribution in [0.4, 0.5) is 13.6 Å². The van der Waals surface area contributed by atoms with Crippen LogP contribution in [0, 0.1) is 0 Å². The van der Waals surface area contributed by atoms with Crippen LogP contribution < -0.4 is 15.4 Å². The second-order valence-electron chi connectivity index (χ2n) is 4.37. The maximum atomic E-state index is 12.0. The number of amides is 2. The van der Waals surface area contributed by atoms with Crippen LogP contribution in [0.3, 0.4) is 0 Å². The summed E-state index contributed by atoms with van der Waals surface area (Å²) in [6.45, 7) is 0.413. The van der Waals surface area contributed by atoms with Crippen molar-refractivity contribution in [3.63, 3.8) is 0 Å². The van der Waals surface area contributed by atoms with Gasteiger partial charge in [0, 0.05) is 0 Å². The number of ether oxygens (including phenoxy) is 1. The van der Waals surface area contributed by atoms with Gasteiger partial charge in [0.2, 0.25) is 0 Å². The SMILES string of the molecule is CC(CO)NC(=O)NC(C)c1ccc(OC(F)F)cc1. The molecule has 7 heteroatoms. The number of hydrogen-bond donors (Lipinski definition) is 3. The van der Waals surface area contributed by atoms with E-state index in [9.17, 15) is 13.6 Å². The lowest BCUT2D eigenvalue weighted by molar-refractivity contribution is -0.0498. The lowest BCUT2D eigenvalue weighted by Crippen LogP contribution is -2.43. The summed E-state index contributed by atoms with van der Waals surface area (Å²) >= 11 is 0. The minimum absolute atomic E-state index is 0.0642. The van der Waals surface area contributed by atoms with Crippen LogP contribution in [0.5, 0.6) is 5.75 Å². The van der Waals surface area contributed by atoms with Crippen LogP contribution >= 0.6 is 0 Å². The third kappa shape index (κ3) is 5.40. The Labute approximate surface area is 115 Å². The number of hydrogen-bond acceptors (Lipinski definition) is 3. The highest BCUT2D eigenvalue weighted by Gasteiger charge is 2.12. The molecular weight excluding hydrogens is 270 g/mol. The standard InChI is InChI=1S/C13H18F2N2O3/c1-8(7-18)16-13(19)17-9(2)10-3-5-11(6-4-10)20-12(14)15/h3-6,8-9,12,18H,7H2,1-2H3,(H2,16,17,19). The van der Waals surface area contributed by atoms with Gasteiger partial charge in [-0.3, -0.25) is 0 Å². The highest BCUT2D eigenvalue weighted by Crippen LogP contribution is 2.19. The zero-order chi connectivity index (χ0) is 15.1. The third-order valence-corrected chi connectivity index (χ3v) is 2.60. The number of alkyl halides is 2. The molecule has 0 aliphatic carbocycles. The van der Waals surface area contributed by atoms with Crippen molar-refractivity contribution in [1.29, 1.82) is 0 Å². The molecule has 5 nitrogen and oxygen atoms in total. The predicted octanol–water partition coefficient (Wildman–Crippen LogP) is 2.03. The molecule has 0 spiro atoms. The Kier molecular flexibility index (Phi) is 6.17. The number of halogens is 2. The van der Waals surface area contributed by atoms with E-state index in [0.717, 1.165) is 5.56 Å². The van der Waals surface area contributed by atoms with E-state index >= 15 is 0 Å². The van der Waals surface area contributed by atoms with Crippen molar-refractivity contribution < 1.29 is 23.4 Å².